The molecule has 0 atom stereocenters. The Morgan fingerprint density at radius 1 is 0.893 bits per heavy atom. The monoisotopic (exact) mass is 392 g/mol. The molecule has 0 aliphatic carbocycles. The van der Waals surface area contributed by atoms with E-state index < -0.39 is 10.1 Å². The maximum absolute atomic E-state index is 12.5. The van der Waals surface area contributed by atoms with Gasteiger partial charge in [0.1, 0.15) is 11.5 Å². The number of ether oxygens (including phenoxy) is 1. The molecule has 6 heteroatoms. The fourth-order valence-corrected chi connectivity index (χ4v) is 3.40. The van der Waals surface area contributed by atoms with Crippen molar-refractivity contribution in [3.05, 3.63) is 89.7 Å². The van der Waals surface area contributed by atoms with Gasteiger partial charge in [0, 0.05) is 6.07 Å². The number of rotatable bonds is 4. The molecule has 1 heterocycles. The highest BCUT2D eigenvalue weighted by Gasteiger charge is 2.28. The minimum absolute atomic E-state index is 0.0996. The Labute approximate surface area is 163 Å². The first-order chi connectivity index (χ1) is 13.4. The zero-order valence-corrected chi connectivity index (χ0v) is 15.8. The first-order valence-electron chi connectivity index (χ1n) is 8.52. The number of allylic oxidation sites excluding steroid dienone is 1. The van der Waals surface area contributed by atoms with Crippen LogP contribution < -0.4 is 8.92 Å². The highest BCUT2D eigenvalue weighted by molar-refractivity contribution is 7.86. The van der Waals surface area contributed by atoms with Crippen LogP contribution in [0, 0.1) is 0 Å². The first-order valence-corrected chi connectivity index (χ1v) is 10.3. The van der Waals surface area contributed by atoms with Gasteiger partial charge in [-0.15, -0.1) is 0 Å². The van der Waals surface area contributed by atoms with Gasteiger partial charge in [-0.2, -0.15) is 8.42 Å². The Hall–Kier alpha value is -3.38. The molecule has 0 aromatic heterocycles. The van der Waals surface area contributed by atoms with Crippen molar-refractivity contribution in [1.29, 1.82) is 0 Å². The Bertz CT molecular complexity index is 1180. The molecule has 0 radical (unpaired) electrons. The summed E-state index contributed by atoms with van der Waals surface area (Å²) in [5.41, 5.74) is 3.38. The second-order valence-electron chi connectivity index (χ2n) is 6.37. The maximum Gasteiger partial charge on any atom is 0.306 e. The second-order valence-corrected chi connectivity index (χ2v) is 7.95. The van der Waals surface area contributed by atoms with Crippen LogP contribution in [-0.2, 0) is 10.1 Å². The fourth-order valence-electron chi connectivity index (χ4n) is 2.95. The van der Waals surface area contributed by atoms with E-state index in [0.29, 0.717) is 5.56 Å². The van der Waals surface area contributed by atoms with Crippen molar-refractivity contribution in [2.45, 2.75) is 0 Å². The van der Waals surface area contributed by atoms with E-state index >= 15 is 0 Å². The third kappa shape index (κ3) is 3.82. The summed E-state index contributed by atoms with van der Waals surface area (Å²) in [7, 11) is -3.65. The number of hydrogen-bond acceptors (Lipinski definition) is 5. The molecule has 4 rings (SSSR count). The summed E-state index contributed by atoms with van der Waals surface area (Å²) in [6, 6.07) is 22.1. The molecule has 0 saturated heterocycles. The van der Waals surface area contributed by atoms with E-state index in [1.54, 1.807) is 6.08 Å². The molecule has 0 N–H and O–H groups in total. The topological polar surface area (TPSA) is 69.7 Å². The van der Waals surface area contributed by atoms with Gasteiger partial charge >= 0.3 is 10.1 Å². The summed E-state index contributed by atoms with van der Waals surface area (Å²) < 4.78 is 33.0. The average molecular weight is 392 g/mol. The zero-order valence-electron chi connectivity index (χ0n) is 15.0. The summed E-state index contributed by atoms with van der Waals surface area (Å²) in [5.74, 6) is 0.299. The zero-order chi connectivity index (χ0) is 19.7. The molecule has 0 amide bonds. The summed E-state index contributed by atoms with van der Waals surface area (Å²) in [6.07, 6.45) is 2.62. The van der Waals surface area contributed by atoms with E-state index in [4.69, 9.17) is 8.92 Å². The molecule has 1 aliphatic heterocycles. The van der Waals surface area contributed by atoms with E-state index in [9.17, 15) is 13.2 Å². The van der Waals surface area contributed by atoms with Crippen LogP contribution in [0.2, 0.25) is 0 Å². The van der Waals surface area contributed by atoms with Crippen LogP contribution in [0.3, 0.4) is 0 Å². The van der Waals surface area contributed by atoms with Crippen molar-refractivity contribution in [3.8, 4) is 22.6 Å². The lowest BCUT2D eigenvalue weighted by atomic mass is 10.0. The second kappa shape index (κ2) is 6.98. The SMILES string of the molecule is CS(=O)(=O)Oc1ccc2c(c1)O/C(=C/c1ccc(-c3ccccc3)cc1)C2=O. The van der Waals surface area contributed by atoms with Crippen LogP contribution in [0.5, 0.6) is 11.5 Å². The van der Waals surface area contributed by atoms with Crippen LogP contribution in [0.1, 0.15) is 15.9 Å². The highest BCUT2D eigenvalue weighted by atomic mass is 32.2. The third-order valence-electron chi connectivity index (χ3n) is 4.20. The number of hydrogen-bond donors (Lipinski definition) is 0. The van der Waals surface area contributed by atoms with Gasteiger partial charge < -0.3 is 8.92 Å². The van der Waals surface area contributed by atoms with Crippen molar-refractivity contribution in [3.63, 3.8) is 0 Å². The van der Waals surface area contributed by atoms with Crippen LogP contribution in [-0.4, -0.2) is 20.5 Å². The smallest absolute Gasteiger partial charge is 0.306 e. The molecule has 28 heavy (non-hydrogen) atoms. The highest BCUT2D eigenvalue weighted by Crippen LogP contribution is 2.35. The lowest BCUT2D eigenvalue weighted by Crippen LogP contribution is -2.05. The van der Waals surface area contributed by atoms with Crippen LogP contribution in [0.4, 0.5) is 0 Å². The van der Waals surface area contributed by atoms with E-state index in [1.807, 2.05) is 54.6 Å². The van der Waals surface area contributed by atoms with Gasteiger partial charge in [0.05, 0.1) is 11.8 Å². The molecule has 0 spiro atoms. The van der Waals surface area contributed by atoms with Gasteiger partial charge in [-0.1, -0.05) is 54.6 Å². The quantitative estimate of drug-likeness (QED) is 0.489. The molecule has 0 bridgehead atoms. The predicted octanol–water partition coefficient (Wildman–Crippen LogP) is 4.31. The molecule has 140 valence electrons. The molecule has 0 fully saturated rings. The number of carbonyl (C=O) groups is 1. The largest absolute Gasteiger partial charge is 0.452 e. The van der Waals surface area contributed by atoms with Crippen LogP contribution in [0.15, 0.2) is 78.6 Å². The van der Waals surface area contributed by atoms with Gasteiger partial charge in [0.2, 0.25) is 5.78 Å². The molecule has 5 nitrogen and oxygen atoms in total. The maximum atomic E-state index is 12.5. The van der Waals surface area contributed by atoms with E-state index in [-0.39, 0.29) is 23.0 Å². The summed E-state index contributed by atoms with van der Waals surface area (Å²) in [6.45, 7) is 0. The van der Waals surface area contributed by atoms with Gasteiger partial charge in [-0.3, -0.25) is 4.79 Å². The van der Waals surface area contributed by atoms with Gasteiger partial charge in [0.15, 0.2) is 5.76 Å². The van der Waals surface area contributed by atoms with Crippen molar-refractivity contribution in [2.24, 2.45) is 0 Å². The lowest BCUT2D eigenvalue weighted by molar-refractivity contribution is 0.101. The van der Waals surface area contributed by atoms with Gasteiger partial charge in [-0.05, 0) is 34.9 Å². The standard InChI is InChI=1S/C22H16O5S/c1-28(24,25)27-18-11-12-19-20(14-18)26-21(22(19)23)13-15-7-9-17(10-8-15)16-5-3-2-4-6-16/h2-14H,1H3/b21-13+. The third-order valence-corrected chi connectivity index (χ3v) is 4.70. The number of carbonyl (C=O) groups excluding carboxylic acids is 1. The fraction of sp³-hybridized carbons (Fsp3) is 0.0455. The van der Waals surface area contributed by atoms with Crippen molar-refractivity contribution in [1.82, 2.24) is 0 Å². The minimum atomic E-state index is -3.65. The Balaban J connectivity index is 1.58. The summed E-state index contributed by atoms with van der Waals surface area (Å²) >= 11 is 0. The van der Waals surface area contributed by atoms with Crippen LogP contribution in [0.25, 0.3) is 17.2 Å². The van der Waals surface area contributed by atoms with E-state index in [2.05, 4.69) is 0 Å². The lowest BCUT2D eigenvalue weighted by Gasteiger charge is -2.04. The molecule has 3 aromatic rings. The molecule has 0 saturated carbocycles. The van der Waals surface area contributed by atoms with Crippen molar-refractivity contribution in [2.75, 3.05) is 6.26 Å². The summed E-state index contributed by atoms with van der Waals surface area (Å²) in [4.78, 5) is 12.5. The number of fused-ring (bicyclic) bond motifs is 1. The molecule has 1 aliphatic rings. The van der Waals surface area contributed by atoms with Crippen molar-refractivity contribution >= 4 is 22.0 Å². The molecule has 0 unspecified atom stereocenters. The van der Waals surface area contributed by atoms with E-state index in [0.717, 1.165) is 22.9 Å². The summed E-state index contributed by atoms with van der Waals surface area (Å²) in [5, 5.41) is 0. The molecular weight excluding hydrogens is 376 g/mol. The average Bonchev–Trinajstić information content (AvgIpc) is 2.97. The van der Waals surface area contributed by atoms with Gasteiger partial charge in [0.25, 0.3) is 0 Å². The Kier molecular flexibility index (Phi) is 4.49. The minimum Gasteiger partial charge on any atom is -0.452 e. The normalized spacial score (nSPS) is 14.6. The molecular formula is C22H16O5S. The number of Topliss-reactive ketones (excluding diaryl/α,β-unsaturated/α-hetero) is 1. The number of benzene rings is 3. The van der Waals surface area contributed by atoms with E-state index in [1.165, 1.54) is 18.2 Å². The van der Waals surface area contributed by atoms with Crippen molar-refractivity contribution < 1.29 is 22.1 Å². The van der Waals surface area contributed by atoms with Crippen LogP contribution >= 0.6 is 0 Å². The number of ketones is 1. The first kappa shape index (κ1) is 18.0. The van der Waals surface area contributed by atoms with Gasteiger partial charge in [-0.25, -0.2) is 0 Å². The Morgan fingerprint density at radius 2 is 1.57 bits per heavy atom. The molecule has 3 aromatic carbocycles. The Morgan fingerprint density at radius 3 is 2.25 bits per heavy atom. The predicted molar refractivity (Wildman–Crippen MR) is 107 cm³/mol.